The van der Waals surface area contributed by atoms with Gasteiger partial charge in [-0.1, -0.05) is 39.5 Å². The Morgan fingerprint density at radius 2 is 2.11 bits per heavy atom. The van der Waals surface area contributed by atoms with E-state index in [-0.39, 0.29) is 23.9 Å². The van der Waals surface area contributed by atoms with E-state index < -0.39 is 0 Å². The van der Waals surface area contributed by atoms with Crippen LogP contribution in [-0.4, -0.2) is 18.0 Å². The molecule has 1 amide bonds. The summed E-state index contributed by atoms with van der Waals surface area (Å²) in [6.45, 7) is 6.46. The Bertz CT molecular complexity index is 255. The SMILES string of the molecule is CCCCCC(C)NC(=O)C1CCCC(C)C1N. The summed E-state index contributed by atoms with van der Waals surface area (Å²) in [7, 11) is 0. The second-order valence-corrected chi connectivity index (χ2v) is 6.00. The summed E-state index contributed by atoms with van der Waals surface area (Å²) in [5.74, 6) is 0.685. The summed E-state index contributed by atoms with van der Waals surface area (Å²) in [6, 6.07) is 0.329. The Hall–Kier alpha value is -0.570. The molecule has 0 aromatic carbocycles. The van der Waals surface area contributed by atoms with Crippen molar-refractivity contribution < 1.29 is 4.79 Å². The van der Waals surface area contributed by atoms with Crippen LogP contribution in [0.2, 0.25) is 0 Å². The van der Waals surface area contributed by atoms with Crippen molar-refractivity contribution in [2.24, 2.45) is 17.6 Å². The fourth-order valence-electron chi connectivity index (χ4n) is 2.87. The van der Waals surface area contributed by atoms with Gasteiger partial charge in [0.2, 0.25) is 5.91 Å². The first-order valence-electron chi connectivity index (χ1n) is 7.62. The topological polar surface area (TPSA) is 55.1 Å². The Labute approximate surface area is 112 Å². The van der Waals surface area contributed by atoms with Gasteiger partial charge in [-0.15, -0.1) is 0 Å². The quantitative estimate of drug-likeness (QED) is 0.716. The molecule has 0 bridgehead atoms. The minimum Gasteiger partial charge on any atom is -0.353 e. The van der Waals surface area contributed by atoms with Crippen LogP contribution in [-0.2, 0) is 4.79 Å². The molecule has 1 aliphatic carbocycles. The Morgan fingerprint density at radius 3 is 2.78 bits per heavy atom. The lowest BCUT2D eigenvalue weighted by Crippen LogP contribution is -2.49. The molecular formula is C15H30N2O. The van der Waals surface area contributed by atoms with Crippen LogP contribution in [0.3, 0.4) is 0 Å². The van der Waals surface area contributed by atoms with Crippen molar-refractivity contribution in [2.75, 3.05) is 0 Å². The largest absolute Gasteiger partial charge is 0.353 e. The van der Waals surface area contributed by atoms with Crippen molar-refractivity contribution in [2.45, 2.75) is 77.8 Å². The molecule has 3 N–H and O–H groups in total. The number of unbranched alkanes of at least 4 members (excludes halogenated alkanes) is 2. The van der Waals surface area contributed by atoms with Gasteiger partial charge < -0.3 is 11.1 Å². The summed E-state index contributed by atoms with van der Waals surface area (Å²) >= 11 is 0. The average molecular weight is 254 g/mol. The molecule has 4 atom stereocenters. The van der Waals surface area contributed by atoms with Crippen molar-refractivity contribution in [3.05, 3.63) is 0 Å². The molecule has 4 unspecified atom stereocenters. The van der Waals surface area contributed by atoms with Crippen LogP contribution >= 0.6 is 0 Å². The first-order chi connectivity index (χ1) is 8.56. The predicted molar refractivity (Wildman–Crippen MR) is 76.2 cm³/mol. The molecule has 0 aromatic heterocycles. The van der Waals surface area contributed by atoms with Crippen LogP contribution in [0.4, 0.5) is 0 Å². The molecular weight excluding hydrogens is 224 g/mol. The third-order valence-electron chi connectivity index (χ3n) is 4.26. The molecule has 18 heavy (non-hydrogen) atoms. The molecule has 3 heteroatoms. The number of nitrogens with two attached hydrogens (primary N) is 1. The van der Waals surface area contributed by atoms with Crippen LogP contribution in [0.15, 0.2) is 0 Å². The molecule has 3 nitrogen and oxygen atoms in total. The number of carbonyl (C=O) groups is 1. The first-order valence-corrected chi connectivity index (χ1v) is 7.62. The number of nitrogens with one attached hydrogen (secondary N) is 1. The number of rotatable bonds is 6. The first kappa shape index (κ1) is 15.5. The van der Waals surface area contributed by atoms with Gasteiger partial charge >= 0.3 is 0 Å². The lowest BCUT2D eigenvalue weighted by Gasteiger charge is -2.33. The van der Waals surface area contributed by atoms with Crippen molar-refractivity contribution in [3.63, 3.8) is 0 Å². The highest BCUT2D eigenvalue weighted by atomic mass is 16.2. The highest BCUT2D eigenvalue weighted by Gasteiger charge is 2.32. The second kappa shape index (κ2) is 7.78. The lowest BCUT2D eigenvalue weighted by atomic mass is 9.77. The van der Waals surface area contributed by atoms with Gasteiger partial charge in [-0.25, -0.2) is 0 Å². The highest BCUT2D eigenvalue weighted by molar-refractivity contribution is 5.79. The van der Waals surface area contributed by atoms with Crippen molar-refractivity contribution in [1.82, 2.24) is 5.32 Å². The zero-order valence-corrected chi connectivity index (χ0v) is 12.2. The molecule has 1 aliphatic rings. The van der Waals surface area contributed by atoms with Gasteiger partial charge in [-0.3, -0.25) is 4.79 Å². The van der Waals surface area contributed by atoms with E-state index in [0.717, 1.165) is 25.7 Å². The maximum absolute atomic E-state index is 12.2. The van der Waals surface area contributed by atoms with Crippen LogP contribution in [0.25, 0.3) is 0 Å². The van der Waals surface area contributed by atoms with E-state index in [0.29, 0.717) is 5.92 Å². The van der Waals surface area contributed by atoms with Crippen molar-refractivity contribution >= 4 is 5.91 Å². The Kier molecular flexibility index (Phi) is 6.69. The average Bonchev–Trinajstić information content (AvgIpc) is 2.32. The minimum atomic E-state index is 0.0300. The molecule has 0 heterocycles. The fourth-order valence-corrected chi connectivity index (χ4v) is 2.87. The standard InChI is InChI=1S/C15H30N2O/c1-4-5-6-9-12(3)17-15(18)13-10-7-8-11(2)14(13)16/h11-14H,4-10,16H2,1-3H3,(H,17,18). The molecule has 1 fully saturated rings. The van der Waals surface area contributed by atoms with E-state index in [9.17, 15) is 4.79 Å². The molecule has 106 valence electrons. The maximum Gasteiger partial charge on any atom is 0.224 e. The maximum atomic E-state index is 12.2. The van der Waals surface area contributed by atoms with Crippen molar-refractivity contribution in [1.29, 1.82) is 0 Å². The van der Waals surface area contributed by atoms with Gasteiger partial charge in [0.25, 0.3) is 0 Å². The smallest absolute Gasteiger partial charge is 0.224 e. The summed E-state index contributed by atoms with van der Waals surface area (Å²) in [5.41, 5.74) is 6.16. The van der Waals surface area contributed by atoms with E-state index in [4.69, 9.17) is 5.73 Å². The molecule has 1 saturated carbocycles. The predicted octanol–water partition coefficient (Wildman–Crippen LogP) is 2.83. The zero-order valence-electron chi connectivity index (χ0n) is 12.2. The summed E-state index contributed by atoms with van der Waals surface area (Å²) in [4.78, 5) is 12.2. The van der Waals surface area contributed by atoms with Gasteiger partial charge in [0.1, 0.15) is 0 Å². The zero-order chi connectivity index (χ0) is 13.5. The fraction of sp³-hybridized carbons (Fsp3) is 0.933. The van der Waals surface area contributed by atoms with E-state index in [1.54, 1.807) is 0 Å². The van der Waals surface area contributed by atoms with Gasteiger partial charge in [0.15, 0.2) is 0 Å². The third kappa shape index (κ3) is 4.60. The number of amides is 1. The van der Waals surface area contributed by atoms with Crippen LogP contribution in [0, 0.1) is 11.8 Å². The molecule has 0 radical (unpaired) electrons. The molecule has 0 aliphatic heterocycles. The van der Waals surface area contributed by atoms with Crippen LogP contribution in [0.1, 0.15) is 65.7 Å². The summed E-state index contributed by atoms with van der Waals surface area (Å²) in [6.07, 6.45) is 8.02. The third-order valence-corrected chi connectivity index (χ3v) is 4.26. The molecule has 1 rings (SSSR count). The van der Waals surface area contributed by atoms with Crippen molar-refractivity contribution in [3.8, 4) is 0 Å². The van der Waals surface area contributed by atoms with Gasteiger partial charge in [0, 0.05) is 12.1 Å². The molecule has 0 spiro atoms. The van der Waals surface area contributed by atoms with Crippen LogP contribution < -0.4 is 11.1 Å². The van der Waals surface area contributed by atoms with Gasteiger partial charge in [-0.2, -0.15) is 0 Å². The number of hydrogen-bond acceptors (Lipinski definition) is 2. The van der Waals surface area contributed by atoms with E-state index in [1.807, 2.05) is 0 Å². The van der Waals surface area contributed by atoms with E-state index >= 15 is 0 Å². The second-order valence-electron chi connectivity index (χ2n) is 6.00. The normalized spacial score (nSPS) is 29.9. The number of carbonyl (C=O) groups excluding carboxylic acids is 1. The van der Waals surface area contributed by atoms with Gasteiger partial charge in [-0.05, 0) is 32.1 Å². The van der Waals surface area contributed by atoms with Crippen LogP contribution in [0.5, 0.6) is 0 Å². The van der Waals surface area contributed by atoms with E-state index in [1.165, 1.54) is 19.3 Å². The van der Waals surface area contributed by atoms with E-state index in [2.05, 4.69) is 26.1 Å². The Balaban J connectivity index is 2.34. The van der Waals surface area contributed by atoms with Gasteiger partial charge in [0.05, 0.1) is 5.92 Å². The Morgan fingerprint density at radius 1 is 1.39 bits per heavy atom. The molecule has 0 saturated heterocycles. The number of hydrogen-bond donors (Lipinski definition) is 2. The summed E-state index contributed by atoms with van der Waals surface area (Å²) < 4.78 is 0. The monoisotopic (exact) mass is 254 g/mol. The highest BCUT2D eigenvalue weighted by Crippen LogP contribution is 2.28. The summed E-state index contributed by atoms with van der Waals surface area (Å²) in [5, 5.41) is 3.14. The molecule has 0 aromatic rings. The minimum absolute atomic E-state index is 0.0300. The lowest BCUT2D eigenvalue weighted by molar-refractivity contribution is -0.127.